The summed E-state index contributed by atoms with van der Waals surface area (Å²) in [5.41, 5.74) is 1.42. The highest BCUT2D eigenvalue weighted by Gasteiger charge is 2.32. The monoisotopic (exact) mass is 474 g/mol. The van der Waals surface area contributed by atoms with Crippen LogP contribution in [0.5, 0.6) is 0 Å². The fraction of sp³-hybridized carbons (Fsp3) is 0.478. The molecule has 1 fully saturated rings. The zero-order valence-corrected chi connectivity index (χ0v) is 20.2. The maximum absolute atomic E-state index is 13.2. The lowest BCUT2D eigenvalue weighted by Gasteiger charge is -2.14. The summed E-state index contributed by atoms with van der Waals surface area (Å²) < 4.78 is 1.99. The van der Waals surface area contributed by atoms with Crippen LogP contribution in [0.1, 0.15) is 56.6 Å². The number of fused-ring (bicyclic) bond motifs is 1. The minimum absolute atomic E-state index is 0.102. The van der Waals surface area contributed by atoms with Crippen LogP contribution in [0.15, 0.2) is 28.0 Å². The lowest BCUT2D eigenvalue weighted by Crippen LogP contribution is -2.29. The smallest absolute Gasteiger partial charge is 0.267 e. The van der Waals surface area contributed by atoms with Gasteiger partial charge in [-0.05, 0) is 31.1 Å². The number of carbonyl (C=O) groups is 1. The van der Waals surface area contributed by atoms with Gasteiger partial charge in [0, 0.05) is 19.3 Å². The van der Waals surface area contributed by atoms with E-state index in [2.05, 4.69) is 17.2 Å². The Morgan fingerprint density at radius 3 is 2.69 bits per heavy atom. The second-order valence-electron chi connectivity index (χ2n) is 7.87. The number of thioether (sulfide) groups is 1. The molecule has 1 aliphatic heterocycles. The number of pyridine rings is 1. The third-order valence-electron chi connectivity index (χ3n) is 5.29. The average Bonchev–Trinajstić information content (AvgIpc) is 3.04. The zero-order chi connectivity index (χ0) is 23.1. The zero-order valence-electron chi connectivity index (χ0n) is 18.6. The number of nitrogens with zero attached hydrogens (tertiary/aromatic N) is 3. The molecule has 2 aromatic heterocycles. The van der Waals surface area contributed by atoms with Crippen LogP contribution in [-0.4, -0.2) is 49.3 Å². The van der Waals surface area contributed by atoms with Crippen molar-refractivity contribution >= 4 is 51.7 Å². The number of amides is 1. The highest BCUT2D eigenvalue weighted by atomic mass is 32.2. The predicted molar refractivity (Wildman–Crippen MR) is 135 cm³/mol. The molecule has 1 amide bonds. The Morgan fingerprint density at radius 1 is 1.19 bits per heavy atom. The second kappa shape index (κ2) is 11.6. The molecule has 2 N–H and O–H groups in total. The van der Waals surface area contributed by atoms with Crippen molar-refractivity contribution in [2.75, 3.05) is 25.0 Å². The van der Waals surface area contributed by atoms with Crippen molar-refractivity contribution in [3.8, 4) is 0 Å². The Labute approximate surface area is 197 Å². The Hall–Kier alpha value is -2.23. The third kappa shape index (κ3) is 5.76. The van der Waals surface area contributed by atoms with Crippen molar-refractivity contribution in [3.05, 3.63) is 44.7 Å². The molecule has 9 heteroatoms. The van der Waals surface area contributed by atoms with Gasteiger partial charge in [-0.2, -0.15) is 0 Å². The number of hydrogen-bond acceptors (Lipinski definition) is 7. The SMILES string of the molecule is CCCCCCCCN1C(=O)/C(=C/c2c(NCCO)nc3ccc(C)cn3c2=O)SC1=S. The van der Waals surface area contributed by atoms with Gasteiger partial charge in [0.1, 0.15) is 15.8 Å². The van der Waals surface area contributed by atoms with Gasteiger partial charge in [-0.3, -0.25) is 18.9 Å². The molecular formula is C23H30N4O3S2. The second-order valence-corrected chi connectivity index (χ2v) is 9.54. The molecule has 1 aliphatic rings. The Kier molecular flexibility index (Phi) is 8.84. The summed E-state index contributed by atoms with van der Waals surface area (Å²) >= 11 is 6.65. The number of rotatable bonds is 11. The van der Waals surface area contributed by atoms with Crippen molar-refractivity contribution in [1.29, 1.82) is 0 Å². The minimum Gasteiger partial charge on any atom is -0.395 e. The van der Waals surface area contributed by atoms with Crippen LogP contribution in [0.4, 0.5) is 5.82 Å². The molecule has 0 spiro atoms. The molecule has 0 atom stereocenters. The van der Waals surface area contributed by atoms with Crippen molar-refractivity contribution in [1.82, 2.24) is 14.3 Å². The van der Waals surface area contributed by atoms with Gasteiger partial charge in [-0.15, -0.1) is 0 Å². The lowest BCUT2D eigenvalue weighted by molar-refractivity contribution is -0.122. The first-order chi connectivity index (χ1) is 15.5. The normalized spacial score (nSPS) is 15.3. The molecule has 1 saturated heterocycles. The van der Waals surface area contributed by atoms with E-state index < -0.39 is 0 Å². The van der Waals surface area contributed by atoms with Crippen molar-refractivity contribution < 1.29 is 9.90 Å². The molecule has 2 aromatic rings. The first kappa shape index (κ1) is 24.4. The predicted octanol–water partition coefficient (Wildman–Crippen LogP) is 3.97. The number of aryl methyl sites for hydroxylation is 1. The molecule has 32 heavy (non-hydrogen) atoms. The largest absolute Gasteiger partial charge is 0.395 e. The Bertz CT molecular complexity index is 1080. The van der Waals surface area contributed by atoms with Gasteiger partial charge in [-0.25, -0.2) is 4.98 Å². The average molecular weight is 475 g/mol. The van der Waals surface area contributed by atoms with Crippen molar-refractivity contribution in [2.24, 2.45) is 0 Å². The number of nitrogens with one attached hydrogen (secondary N) is 1. The number of hydrogen-bond donors (Lipinski definition) is 2. The number of aliphatic hydroxyl groups is 1. The van der Waals surface area contributed by atoms with Crippen LogP contribution >= 0.6 is 24.0 Å². The van der Waals surface area contributed by atoms with E-state index in [0.29, 0.717) is 27.2 Å². The molecule has 7 nitrogen and oxygen atoms in total. The third-order valence-corrected chi connectivity index (χ3v) is 6.67. The molecule has 0 saturated carbocycles. The van der Waals surface area contributed by atoms with E-state index in [-0.39, 0.29) is 30.2 Å². The van der Waals surface area contributed by atoms with E-state index in [1.807, 2.05) is 13.0 Å². The summed E-state index contributed by atoms with van der Waals surface area (Å²) in [5.74, 6) is 0.171. The Balaban J connectivity index is 1.85. The van der Waals surface area contributed by atoms with Gasteiger partial charge < -0.3 is 10.4 Å². The van der Waals surface area contributed by atoms with Gasteiger partial charge in [0.15, 0.2) is 0 Å². The quantitative estimate of drug-likeness (QED) is 0.289. The first-order valence-electron chi connectivity index (χ1n) is 11.1. The van der Waals surface area contributed by atoms with Gasteiger partial charge in [0.25, 0.3) is 11.5 Å². The highest BCUT2D eigenvalue weighted by molar-refractivity contribution is 8.26. The van der Waals surface area contributed by atoms with E-state index in [1.54, 1.807) is 23.2 Å². The van der Waals surface area contributed by atoms with Crippen LogP contribution in [0.2, 0.25) is 0 Å². The molecule has 3 rings (SSSR count). The summed E-state index contributed by atoms with van der Waals surface area (Å²) in [4.78, 5) is 32.8. The minimum atomic E-state index is -0.277. The summed E-state index contributed by atoms with van der Waals surface area (Å²) in [7, 11) is 0. The van der Waals surface area contributed by atoms with Crippen molar-refractivity contribution in [2.45, 2.75) is 52.4 Å². The molecule has 0 aliphatic carbocycles. The standard InChI is InChI=1S/C23H30N4O3S2/c1-3-4-5-6-7-8-12-26-22(30)18(32-23(26)31)14-17-20(24-11-13-28)25-19-10-9-16(2)15-27(19)21(17)29/h9-10,14-15,24,28H,3-8,11-13H2,1-2H3/b18-14-. The molecule has 0 bridgehead atoms. The van der Waals surface area contributed by atoms with Gasteiger partial charge in [-0.1, -0.05) is 69.1 Å². The molecular weight excluding hydrogens is 444 g/mol. The number of thiocarbonyl (C=S) groups is 1. The highest BCUT2D eigenvalue weighted by Crippen LogP contribution is 2.33. The van der Waals surface area contributed by atoms with Crippen LogP contribution in [0, 0.1) is 6.92 Å². The van der Waals surface area contributed by atoms with Crippen LogP contribution < -0.4 is 10.9 Å². The molecule has 0 aromatic carbocycles. The summed E-state index contributed by atoms with van der Waals surface area (Å²) in [6.07, 6.45) is 10.1. The van der Waals surface area contributed by atoms with E-state index >= 15 is 0 Å². The lowest BCUT2D eigenvalue weighted by atomic mass is 10.1. The number of aliphatic hydroxyl groups excluding tert-OH is 1. The topological polar surface area (TPSA) is 86.9 Å². The van der Waals surface area contributed by atoms with E-state index in [9.17, 15) is 14.7 Å². The Morgan fingerprint density at radius 2 is 1.94 bits per heavy atom. The summed E-state index contributed by atoms with van der Waals surface area (Å²) in [6.45, 7) is 4.83. The van der Waals surface area contributed by atoms with Crippen LogP contribution in [0.25, 0.3) is 11.7 Å². The summed E-state index contributed by atoms with van der Waals surface area (Å²) in [5, 5.41) is 12.2. The van der Waals surface area contributed by atoms with E-state index in [1.165, 1.54) is 35.4 Å². The van der Waals surface area contributed by atoms with Crippen LogP contribution in [-0.2, 0) is 4.79 Å². The van der Waals surface area contributed by atoms with Crippen molar-refractivity contribution in [3.63, 3.8) is 0 Å². The van der Waals surface area contributed by atoms with Gasteiger partial charge in [0.2, 0.25) is 0 Å². The maximum atomic E-state index is 13.2. The molecule has 3 heterocycles. The number of unbranched alkanes of at least 4 members (excludes halogenated alkanes) is 5. The molecule has 0 unspecified atom stereocenters. The van der Waals surface area contributed by atoms with Gasteiger partial charge in [0.05, 0.1) is 17.1 Å². The summed E-state index contributed by atoms with van der Waals surface area (Å²) in [6, 6.07) is 3.65. The maximum Gasteiger partial charge on any atom is 0.267 e. The molecule has 172 valence electrons. The fourth-order valence-corrected chi connectivity index (χ4v) is 4.86. The molecule has 0 radical (unpaired) electrons. The fourth-order valence-electron chi connectivity index (χ4n) is 3.57. The van der Waals surface area contributed by atoms with E-state index in [0.717, 1.165) is 24.8 Å². The van der Waals surface area contributed by atoms with Gasteiger partial charge >= 0.3 is 0 Å². The number of carbonyl (C=O) groups excluding carboxylic acids is 1. The van der Waals surface area contributed by atoms with Crippen LogP contribution in [0.3, 0.4) is 0 Å². The van der Waals surface area contributed by atoms with E-state index in [4.69, 9.17) is 12.2 Å². The number of anilines is 1. The first-order valence-corrected chi connectivity index (χ1v) is 12.3. The number of aromatic nitrogens is 2.